The van der Waals surface area contributed by atoms with Crippen LogP contribution in [0.4, 0.5) is 5.13 Å². The molecule has 4 aromatic rings. The number of fused-ring (bicyclic) bond motifs is 1. The van der Waals surface area contributed by atoms with Crippen molar-refractivity contribution in [3.05, 3.63) is 78.8 Å². The summed E-state index contributed by atoms with van der Waals surface area (Å²) in [6, 6.07) is 15.1. The zero-order valence-electron chi connectivity index (χ0n) is 13.6. The molecule has 0 aliphatic carbocycles. The number of halogens is 2. The van der Waals surface area contributed by atoms with Crippen LogP contribution in [-0.2, 0) is 0 Å². The average molecular weight is 505 g/mol. The molecule has 0 bridgehead atoms. The fraction of sp³-hybridized carbons (Fsp3) is 0. The molecule has 0 spiro atoms. The van der Waals surface area contributed by atoms with Crippen molar-refractivity contribution >= 4 is 65.5 Å². The van der Waals surface area contributed by atoms with Crippen LogP contribution in [0.3, 0.4) is 0 Å². The largest absolute Gasteiger partial charge is 0.422 e. The van der Waals surface area contributed by atoms with Gasteiger partial charge in [-0.15, -0.1) is 11.3 Å². The van der Waals surface area contributed by atoms with Gasteiger partial charge in [-0.05, 0) is 42.0 Å². The highest BCUT2D eigenvalue weighted by atomic mass is 79.9. The number of benzene rings is 2. The van der Waals surface area contributed by atoms with Crippen molar-refractivity contribution in [2.75, 3.05) is 5.43 Å². The maximum atomic E-state index is 12.3. The third kappa shape index (κ3) is 4.18. The third-order valence-corrected chi connectivity index (χ3v) is 5.49. The maximum Gasteiger partial charge on any atom is 0.345 e. The Morgan fingerprint density at radius 3 is 2.67 bits per heavy atom. The van der Waals surface area contributed by atoms with E-state index in [2.05, 4.69) is 47.4 Å². The predicted molar refractivity (Wildman–Crippen MR) is 117 cm³/mol. The van der Waals surface area contributed by atoms with Crippen LogP contribution >= 0.6 is 43.2 Å². The first-order valence-corrected chi connectivity index (χ1v) is 10.3. The molecule has 0 aliphatic heterocycles. The maximum absolute atomic E-state index is 12.3. The van der Waals surface area contributed by atoms with Crippen LogP contribution in [0.5, 0.6) is 0 Å². The quantitative estimate of drug-likeness (QED) is 0.214. The van der Waals surface area contributed by atoms with E-state index in [1.54, 1.807) is 23.7 Å². The summed E-state index contributed by atoms with van der Waals surface area (Å²) in [7, 11) is 0. The van der Waals surface area contributed by atoms with Crippen LogP contribution in [0.25, 0.3) is 22.2 Å². The molecule has 0 fully saturated rings. The fourth-order valence-electron chi connectivity index (χ4n) is 2.43. The molecular formula is C19H11Br2N3O2S. The highest BCUT2D eigenvalue weighted by molar-refractivity contribution is 9.10. The van der Waals surface area contributed by atoms with E-state index in [1.807, 2.05) is 36.4 Å². The SMILES string of the molecule is O=c1oc2ccc(Br)cc2cc1-c1csc(N/N=C/c2ccc(Br)cc2)n1. The summed E-state index contributed by atoms with van der Waals surface area (Å²) in [5.74, 6) is 0. The number of aromatic nitrogens is 1. The smallest absolute Gasteiger partial charge is 0.345 e. The molecule has 8 heteroatoms. The van der Waals surface area contributed by atoms with Gasteiger partial charge in [-0.1, -0.05) is 44.0 Å². The average Bonchev–Trinajstić information content (AvgIpc) is 3.12. The molecule has 0 saturated carbocycles. The van der Waals surface area contributed by atoms with E-state index in [0.29, 0.717) is 22.0 Å². The molecule has 2 aromatic carbocycles. The monoisotopic (exact) mass is 503 g/mol. The fourth-order valence-corrected chi connectivity index (χ4v) is 3.74. The highest BCUT2D eigenvalue weighted by Crippen LogP contribution is 2.26. The van der Waals surface area contributed by atoms with E-state index < -0.39 is 5.63 Å². The third-order valence-electron chi connectivity index (χ3n) is 3.72. The van der Waals surface area contributed by atoms with Crippen molar-refractivity contribution in [3.8, 4) is 11.3 Å². The first-order valence-electron chi connectivity index (χ1n) is 7.82. The lowest BCUT2D eigenvalue weighted by Crippen LogP contribution is -2.03. The van der Waals surface area contributed by atoms with E-state index in [1.165, 1.54) is 11.3 Å². The number of hydrogen-bond donors (Lipinski definition) is 1. The Kier molecular flexibility index (Phi) is 5.20. The number of anilines is 1. The Morgan fingerprint density at radius 2 is 1.85 bits per heavy atom. The molecule has 4 rings (SSSR count). The van der Waals surface area contributed by atoms with Crippen molar-refractivity contribution in [1.82, 2.24) is 4.98 Å². The summed E-state index contributed by atoms with van der Waals surface area (Å²) in [5, 5.41) is 7.40. The predicted octanol–water partition coefficient (Wildman–Crippen LogP) is 5.89. The van der Waals surface area contributed by atoms with Crippen LogP contribution in [-0.4, -0.2) is 11.2 Å². The van der Waals surface area contributed by atoms with Gasteiger partial charge in [0.1, 0.15) is 5.58 Å². The van der Waals surface area contributed by atoms with Gasteiger partial charge in [-0.3, -0.25) is 5.43 Å². The minimum absolute atomic E-state index is 0.417. The summed E-state index contributed by atoms with van der Waals surface area (Å²) in [6.45, 7) is 0. The van der Waals surface area contributed by atoms with E-state index in [0.717, 1.165) is 19.9 Å². The van der Waals surface area contributed by atoms with Crippen molar-refractivity contribution < 1.29 is 4.42 Å². The molecule has 134 valence electrons. The lowest BCUT2D eigenvalue weighted by molar-refractivity contribution is 0.563. The Balaban J connectivity index is 1.57. The Labute approximate surface area is 175 Å². The zero-order chi connectivity index (χ0) is 18.8. The van der Waals surface area contributed by atoms with Crippen molar-refractivity contribution in [2.24, 2.45) is 5.10 Å². The van der Waals surface area contributed by atoms with E-state index in [-0.39, 0.29) is 0 Å². The Morgan fingerprint density at radius 1 is 1.07 bits per heavy atom. The number of nitrogens with zero attached hydrogens (tertiary/aromatic N) is 2. The summed E-state index contributed by atoms with van der Waals surface area (Å²) < 4.78 is 7.32. The van der Waals surface area contributed by atoms with Crippen LogP contribution in [0.1, 0.15) is 5.56 Å². The van der Waals surface area contributed by atoms with E-state index in [9.17, 15) is 4.79 Å². The highest BCUT2D eigenvalue weighted by Gasteiger charge is 2.11. The van der Waals surface area contributed by atoms with E-state index in [4.69, 9.17) is 4.42 Å². The molecule has 2 heterocycles. The van der Waals surface area contributed by atoms with Crippen LogP contribution in [0.2, 0.25) is 0 Å². The zero-order valence-corrected chi connectivity index (χ0v) is 17.6. The van der Waals surface area contributed by atoms with Gasteiger partial charge in [-0.25, -0.2) is 9.78 Å². The van der Waals surface area contributed by atoms with Gasteiger partial charge in [0.25, 0.3) is 0 Å². The van der Waals surface area contributed by atoms with Gasteiger partial charge < -0.3 is 4.42 Å². The number of rotatable bonds is 4. The molecule has 0 amide bonds. The normalized spacial score (nSPS) is 11.3. The summed E-state index contributed by atoms with van der Waals surface area (Å²) in [5.41, 5.74) is 4.95. The summed E-state index contributed by atoms with van der Waals surface area (Å²) in [6.07, 6.45) is 1.70. The first-order chi connectivity index (χ1) is 13.1. The molecule has 0 radical (unpaired) electrons. The van der Waals surface area contributed by atoms with Gasteiger partial charge in [0.05, 0.1) is 17.5 Å². The van der Waals surface area contributed by atoms with Gasteiger partial charge in [0.2, 0.25) is 5.13 Å². The number of nitrogens with one attached hydrogen (secondary N) is 1. The standard InChI is InChI=1S/C19H11Br2N3O2S/c20-13-3-1-11(2-4-13)9-22-24-19-23-16(10-27-19)15-8-12-7-14(21)5-6-17(12)26-18(15)25/h1-10H,(H,23,24)/b22-9+. The number of hydrazone groups is 1. The van der Waals surface area contributed by atoms with E-state index >= 15 is 0 Å². The summed E-state index contributed by atoms with van der Waals surface area (Å²) >= 11 is 8.19. The van der Waals surface area contributed by atoms with Crippen molar-refractivity contribution in [2.45, 2.75) is 0 Å². The minimum Gasteiger partial charge on any atom is -0.422 e. The minimum atomic E-state index is -0.417. The first kappa shape index (κ1) is 18.1. The van der Waals surface area contributed by atoms with Crippen molar-refractivity contribution in [3.63, 3.8) is 0 Å². The van der Waals surface area contributed by atoms with Crippen LogP contribution in [0.15, 0.2) is 77.2 Å². The molecule has 5 nitrogen and oxygen atoms in total. The molecular weight excluding hydrogens is 494 g/mol. The van der Waals surface area contributed by atoms with Gasteiger partial charge in [0, 0.05) is 19.7 Å². The lowest BCUT2D eigenvalue weighted by atomic mass is 10.1. The topological polar surface area (TPSA) is 67.5 Å². The lowest BCUT2D eigenvalue weighted by Gasteiger charge is -2.00. The summed E-state index contributed by atoms with van der Waals surface area (Å²) in [4.78, 5) is 16.7. The van der Waals surface area contributed by atoms with Gasteiger partial charge in [-0.2, -0.15) is 5.10 Å². The molecule has 1 N–H and O–H groups in total. The van der Waals surface area contributed by atoms with Crippen molar-refractivity contribution in [1.29, 1.82) is 0 Å². The second-order valence-electron chi connectivity index (χ2n) is 5.59. The molecule has 0 aliphatic rings. The Hall–Kier alpha value is -2.29. The Bertz CT molecular complexity index is 1200. The molecule has 2 aromatic heterocycles. The molecule has 0 saturated heterocycles. The van der Waals surface area contributed by atoms with Crippen LogP contribution in [0, 0.1) is 0 Å². The van der Waals surface area contributed by atoms with Gasteiger partial charge >= 0.3 is 5.63 Å². The molecule has 27 heavy (non-hydrogen) atoms. The second-order valence-corrected chi connectivity index (χ2v) is 8.28. The van der Waals surface area contributed by atoms with Crippen LogP contribution < -0.4 is 11.1 Å². The molecule has 0 unspecified atom stereocenters. The number of thiazole rings is 1. The number of hydrogen-bond acceptors (Lipinski definition) is 6. The second kappa shape index (κ2) is 7.75. The molecule has 0 atom stereocenters. The van der Waals surface area contributed by atoms with Gasteiger partial charge in [0.15, 0.2) is 0 Å².